The predicted molar refractivity (Wildman–Crippen MR) is 75.3 cm³/mol. The largest absolute Gasteiger partial charge is 0.348 e. The standard InChI is InChI=1S/C15H21N3/c1-11(2)9-12-3-5-13(6-4-12)15-14(7-8-16)17-10-18-15/h3-6,10-11H,7-9,16H2,1-2H3,(H,17,18). The van der Waals surface area contributed by atoms with Crippen molar-refractivity contribution in [3.8, 4) is 11.3 Å². The second kappa shape index (κ2) is 5.83. The third-order valence-corrected chi connectivity index (χ3v) is 2.98. The van der Waals surface area contributed by atoms with E-state index in [1.54, 1.807) is 6.33 Å². The van der Waals surface area contributed by atoms with Gasteiger partial charge in [-0.3, -0.25) is 0 Å². The lowest BCUT2D eigenvalue weighted by Crippen LogP contribution is -2.04. The maximum atomic E-state index is 5.60. The Bertz CT molecular complexity index is 483. The molecule has 18 heavy (non-hydrogen) atoms. The van der Waals surface area contributed by atoms with Crippen LogP contribution in [-0.2, 0) is 12.8 Å². The smallest absolute Gasteiger partial charge is 0.0929 e. The highest BCUT2D eigenvalue weighted by Gasteiger charge is 2.07. The van der Waals surface area contributed by atoms with Gasteiger partial charge in [0.05, 0.1) is 12.0 Å². The van der Waals surface area contributed by atoms with E-state index < -0.39 is 0 Å². The lowest BCUT2D eigenvalue weighted by atomic mass is 10.0. The van der Waals surface area contributed by atoms with Crippen LogP contribution < -0.4 is 5.73 Å². The summed E-state index contributed by atoms with van der Waals surface area (Å²) < 4.78 is 0. The molecule has 2 aromatic rings. The summed E-state index contributed by atoms with van der Waals surface area (Å²) in [6.45, 7) is 5.11. The van der Waals surface area contributed by atoms with E-state index in [4.69, 9.17) is 5.73 Å². The molecule has 0 atom stereocenters. The van der Waals surface area contributed by atoms with Gasteiger partial charge in [0.15, 0.2) is 0 Å². The number of benzene rings is 1. The molecule has 0 spiro atoms. The molecular weight excluding hydrogens is 222 g/mol. The monoisotopic (exact) mass is 243 g/mol. The fraction of sp³-hybridized carbons (Fsp3) is 0.400. The molecular formula is C15H21N3. The maximum absolute atomic E-state index is 5.60. The zero-order chi connectivity index (χ0) is 13.0. The topological polar surface area (TPSA) is 54.7 Å². The van der Waals surface area contributed by atoms with Gasteiger partial charge in [0.2, 0.25) is 0 Å². The average molecular weight is 243 g/mol. The third kappa shape index (κ3) is 2.99. The highest BCUT2D eigenvalue weighted by Crippen LogP contribution is 2.21. The SMILES string of the molecule is CC(C)Cc1ccc(-c2nc[nH]c2CCN)cc1. The molecule has 0 aliphatic carbocycles. The number of aromatic nitrogens is 2. The molecule has 1 aromatic carbocycles. The first-order valence-electron chi connectivity index (χ1n) is 6.52. The summed E-state index contributed by atoms with van der Waals surface area (Å²) in [4.78, 5) is 7.55. The molecule has 0 bridgehead atoms. The molecule has 2 rings (SSSR count). The zero-order valence-corrected chi connectivity index (χ0v) is 11.1. The van der Waals surface area contributed by atoms with E-state index in [2.05, 4.69) is 48.1 Å². The molecule has 1 heterocycles. The number of imidazole rings is 1. The van der Waals surface area contributed by atoms with Crippen LogP contribution >= 0.6 is 0 Å². The Morgan fingerprint density at radius 1 is 1.22 bits per heavy atom. The van der Waals surface area contributed by atoms with Crippen LogP contribution in [0.25, 0.3) is 11.3 Å². The van der Waals surface area contributed by atoms with E-state index in [1.165, 1.54) is 5.56 Å². The van der Waals surface area contributed by atoms with E-state index in [9.17, 15) is 0 Å². The fourth-order valence-electron chi connectivity index (χ4n) is 2.17. The van der Waals surface area contributed by atoms with E-state index >= 15 is 0 Å². The van der Waals surface area contributed by atoms with Crippen molar-refractivity contribution in [3.63, 3.8) is 0 Å². The van der Waals surface area contributed by atoms with Crippen LogP contribution in [0.1, 0.15) is 25.1 Å². The second-order valence-electron chi connectivity index (χ2n) is 5.06. The predicted octanol–water partition coefficient (Wildman–Crippen LogP) is 2.78. The number of hydrogen-bond acceptors (Lipinski definition) is 2. The maximum Gasteiger partial charge on any atom is 0.0929 e. The molecule has 1 aromatic heterocycles. The van der Waals surface area contributed by atoms with Gasteiger partial charge in [-0.25, -0.2) is 4.98 Å². The molecule has 0 unspecified atom stereocenters. The van der Waals surface area contributed by atoms with Gasteiger partial charge in [0, 0.05) is 17.7 Å². The number of rotatable bonds is 5. The third-order valence-electron chi connectivity index (χ3n) is 2.98. The van der Waals surface area contributed by atoms with Gasteiger partial charge in [0.1, 0.15) is 0 Å². The molecule has 0 saturated heterocycles. The molecule has 3 N–H and O–H groups in total. The highest BCUT2D eigenvalue weighted by molar-refractivity contribution is 5.62. The number of hydrogen-bond donors (Lipinski definition) is 2. The summed E-state index contributed by atoms with van der Waals surface area (Å²) in [5, 5.41) is 0. The number of aromatic amines is 1. The summed E-state index contributed by atoms with van der Waals surface area (Å²) in [7, 11) is 0. The Morgan fingerprint density at radius 2 is 1.94 bits per heavy atom. The van der Waals surface area contributed by atoms with E-state index in [1.807, 2.05) is 0 Å². The first-order chi connectivity index (χ1) is 8.70. The summed E-state index contributed by atoms with van der Waals surface area (Å²) in [6.07, 6.45) is 3.70. The lowest BCUT2D eigenvalue weighted by molar-refractivity contribution is 0.647. The van der Waals surface area contributed by atoms with Crippen LogP contribution in [0.3, 0.4) is 0 Å². The molecule has 3 nitrogen and oxygen atoms in total. The van der Waals surface area contributed by atoms with Crippen molar-refractivity contribution >= 4 is 0 Å². The normalized spacial score (nSPS) is 11.1. The van der Waals surface area contributed by atoms with Crippen molar-refractivity contribution in [2.24, 2.45) is 11.7 Å². The first kappa shape index (κ1) is 12.8. The molecule has 0 radical (unpaired) electrons. The van der Waals surface area contributed by atoms with Gasteiger partial charge in [0.25, 0.3) is 0 Å². The van der Waals surface area contributed by atoms with Crippen LogP contribution in [0.5, 0.6) is 0 Å². The fourth-order valence-corrected chi connectivity index (χ4v) is 2.17. The van der Waals surface area contributed by atoms with E-state index in [-0.39, 0.29) is 0 Å². The van der Waals surface area contributed by atoms with E-state index in [0.717, 1.165) is 29.8 Å². The minimum Gasteiger partial charge on any atom is -0.348 e. The van der Waals surface area contributed by atoms with Crippen LogP contribution in [-0.4, -0.2) is 16.5 Å². The van der Waals surface area contributed by atoms with Gasteiger partial charge in [-0.15, -0.1) is 0 Å². The minimum atomic E-state index is 0.640. The lowest BCUT2D eigenvalue weighted by Gasteiger charge is -2.06. The first-order valence-corrected chi connectivity index (χ1v) is 6.52. The van der Waals surface area contributed by atoms with Gasteiger partial charge in [-0.1, -0.05) is 38.1 Å². The van der Waals surface area contributed by atoms with Crippen LogP contribution in [0.2, 0.25) is 0 Å². The van der Waals surface area contributed by atoms with Crippen molar-refractivity contribution in [1.29, 1.82) is 0 Å². The van der Waals surface area contributed by atoms with Crippen molar-refractivity contribution in [2.45, 2.75) is 26.7 Å². The minimum absolute atomic E-state index is 0.640. The van der Waals surface area contributed by atoms with Crippen molar-refractivity contribution < 1.29 is 0 Å². The van der Waals surface area contributed by atoms with Gasteiger partial charge >= 0.3 is 0 Å². The van der Waals surface area contributed by atoms with Gasteiger partial charge in [-0.2, -0.15) is 0 Å². The Balaban J connectivity index is 2.20. The van der Waals surface area contributed by atoms with Crippen LogP contribution in [0.4, 0.5) is 0 Å². The molecule has 3 heteroatoms. The Morgan fingerprint density at radius 3 is 2.56 bits per heavy atom. The summed E-state index contributed by atoms with van der Waals surface area (Å²) >= 11 is 0. The Kier molecular flexibility index (Phi) is 4.15. The molecule has 96 valence electrons. The van der Waals surface area contributed by atoms with Gasteiger partial charge in [-0.05, 0) is 24.4 Å². The molecule has 0 amide bonds. The summed E-state index contributed by atoms with van der Waals surface area (Å²) in [5.74, 6) is 0.689. The Labute approximate surface area is 108 Å². The number of nitrogens with two attached hydrogens (primary N) is 1. The van der Waals surface area contributed by atoms with Crippen LogP contribution in [0.15, 0.2) is 30.6 Å². The summed E-state index contributed by atoms with van der Waals surface area (Å²) in [6, 6.07) is 8.67. The molecule has 0 fully saturated rings. The zero-order valence-electron chi connectivity index (χ0n) is 11.1. The van der Waals surface area contributed by atoms with Crippen LogP contribution in [0, 0.1) is 5.92 Å². The highest BCUT2D eigenvalue weighted by atomic mass is 14.9. The van der Waals surface area contributed by atoms with Crippen molar-refractivity contribution in [3.05, 3.63) is 41.9 Å². The van der Waals surface area contributed by atoms with Gasteiger partial charge < -0.3 is 10.7 Å². The van der Waals surface area contributed by atoms with Crippen molar-refractivity contribution in [1.82, 2.24) is 9.97 Å². The molecule has 0 saturated carbocycles. The van der Waals surface area contributed by atoms with E-state index in [0.29, 0.717) is 12.5 Å². The number of nitrogens with zero attached hydrogens (tertiary/aromatic N) is 1. The Hall–Kier alpha value is -1.61. The molecule has 0 aliphatic rings. The summed E-state index contributed by atoms with van der Waals surface area (Å²) in [5.41, 5.74) is 10.3. The van der Waals surface area contributed by atoms with Crippen molar-refractivity contribution in [2.75, 3.05) is 6.54 Å². The molecule has 0 aliphatic heterocycles. The number of H-pyrrole nitrogens is 1. The average Bonchev–Trinajstić information content (AvgIpc) is 2.78. The number of nitrogens with one attached hydrogen (secondary N) is 1. The second-order valence-corrected chi connectivity index (χ2v) is 5.06. The quantitative estimate of drug-likeness (QED) is 0.848.